The summed E-state index contributed by atoms with van der Waals surface area (Å²) in [6.07, 6.45) is 2.65. The van der Waals surface area contributed by atoms with Crippen LogP contribution in [0.4, 0.5) is 5.69 Å². The van der Waals surface area contributed by atoms with Gasteiger partial charge in [-0.15, -0.1) is 23.1 Å². The van der Waals surface area contributed by atoms with Crippen molar-refractivity contribution in [2.24, 2.45) is 0 Å². The van der Waals surface area contributed by atoms with E-state index in [1.165, 1.54) is 16.6 Å². The summed E-state index contributed by atoms with van der Waals surface area (Å²) in [5.74, 6) is -1.25. The third-order valence-corrected chi connectivity index (χ3v) is 4.72. The number of para-hydroxylation sites is 1. The number of carbonyl (C=O) groups is 2. The van der Waals surface area contributed by atoms with Gasteiger partial charge >= 0.3 is 11.8 Å². The molecule has 2 aromatic rings. The van der Waals surface area contributed by atoms with Crippen molar-refractivity contribution < 1.29 is 9.59 Å². The second-order valence-corrected chi connectivity index (χ2v) is 6.69. The number of rotatable bonds is 5. The van der Waals surface area contributed by atoms with Crippen molar-refractivity contribution in [2.75, 3.05) is 11.6 Å². The third-order valence-electron chi connectivity index (χ3n) is 3.03. The molecule has 6 heteroatoms. The van der Waals surface area contributed by atoms with E-state index in [1.807, 2.05) is 48.9 Å². The number of hydrogen-bond acceptors (Lipinski definition) is 4. The lowest BCUT2D eigenvalue weighted by molar-refractivity contribution is -0.136. The average molecular weight is 334 g/mol. The quantitative estimate of drug-likeness (QED) is 0.652. The van der Waals surface area contributed by atoms with Crippen molar-refractivity contribution in [3.63, 3.8) is 0 Å². The van der Waals surface area contributed by atoms with Crippen LogP contribution in [-0.4, -0.2) is 24.1 Å². The van der Waals surface area contributed by atoms with Crippen molar-refractivity contribution in [1.29, 1.82) is 0 Å². The molecule has 2 N–H and O–H groups in total. The molecule has 0 aliphatic heterocycles. The highest BCUT2D eigenvalue weighted by molar-refractivity contribution is 7.98. The molecular formula is C16H18N2O2S2. The van der Waals surface area contributed by atoms with Crippen molar-refractivity contribution in [2.45, 2.75) is 24.3 Å². The molecule has 0 radical (unpaired) electrons. The Morgan fingerprint density at radius 2 is 1.95 bits per heavy atom. The third kappa shape index (κ3) is 4.61. The van der Waals surface area contributed by atoms with E-state index in [-0.39, 0.29) is 6.04 Å². The highest BCUT2D eigenvalue weighted by Gasteiger charge is 2.17. The summed E-state index contributed by atoms with van der Waals surface area (Å²) >= 11 is 3.16. The van der Waals surface area contributed by atoms with Crippen molar-refractivity contribution in [3.8, 4) is 0 Å². The molecule has 1 heterocycles. The van der Waals surface area contributed by atoms with Crippen LogP contribution in [0.2, 0.25) is 0 Å². The minimum Gasteiger partial charge on any atom is -0.345 e. The van der Waals surface area contributed by atoms with Gasteiger partial charge in [0.25, 0.3) is 0 Å². The van der Waals surface area contributed by atoms with E-state index < -0.39 is 11.8 Å². The van der Waals surface area contributed by atoms with Gasteiger partial charge in [0.05, 0.1) is 5.69 Å². The van der Waals surface area contributed by atoms with Crippen LogP contribution in [0.5, 0.6) is 0 Å². The fourth-order valence-electron chi connectivity index (χ4n) is 2.00. The van der Waals surface area contributed by atoms with E-state index in [0.29, 0.717) is 5.69 Å². The Morgan fingerprint density at radius 1 is 1.18 bits per heavy atom. The van der Waals surface area contributed by atoms with Gasteiger partial charge in [-0.05, 0) is 36.8 Å². The van der Waals surface area contributed by atoms with Crippen LogP contribution < -0.4 is 10.6 Å². The van der Waals surface area contributed by atoms with Crippen molar-refractivity contribution in [3.05, 3.63) is 46.7 Å². The molecule has 2 amide bonds. The van der Waals surface area contributed by atoms with Crippen LogP contribution in [0, 0.1) is 0 Å². The van der Waals surface area contributed by atoms with Crippen LogP contribution >= 0.6 is 23.1 Å². The maximum atomic E-state index is 12.0. The minimum atomic E-state index is -0.639. The molecule has 4 nitrogen and oxygen atoms in total. The number of thioether (sulfide) groups is 1. The number of nitrogens with one attached hydrogen (secondary N) is 2. The number of thiophene rings is 1. The molecule has 0 unspecified atom stereocenters. The molecule has 1 aromatic carbocycles. The number of anilines is 1. The average Bonchev–Trinajstić information content (AvgIpc) is 3.00. The van der Waals surface area contributed by atoms with Gasteiger partial charge in [0.1, 0.15) is 0 Å². The Kier molecular flexibility index (Phi) is 6.03. The molecule has 0 bridgehead atoms. The minimum absolute atomic E-state index is 0.0901. The first-order chi connectivity index (χ1) is 10.6. The normalized spacial score (nSPS) is 11.7. The maximum absolute atomic E-state index is 12.0. The predicted octanol–water partition coefficient (Wildman–Crippen LogP) is 3.16. The Labute approximate surface area is 138 Å². The molecule has 0 aliphatic carbocycles. The summed E-state index contributed by atoms with van der Waals surface area (Å²) in [4.78, 5) is 26.1. The van der Waals surface area contributed by atoms with Gasteiger partial charge in [-0.2, -0.15) is 0 Å². The summed E-state index contributed by atoms with van der Waals surface area (Å²) < 4.78 is 0. The number of carbonyl (C=O) groups excluding carboxylic acids is 2. The Morgan fingerprint density at radius 3 is 2.64 bits per heavy atom. The lowest BCUT2D eigenvalue weighted by atomic mass is 10.2. The summed E-state index contributed by atoms with van der Waals surface area (Å²) in [5.41, 5.74) is 0.654. The molecular weight excluding hydrogens is 316 g/mol. The first-order valence-electron chi connectivity index (χ1n) is 6.87. The number of benzene rings is 1. The second kappa shape index (κ2) is 8.00. The Hall–Kier alpha value is -1.79. The molecule has 1 aromatic heterocycles. The molecule has 0 saturated carbocycles. The number of hydrogen-bond donors (Lipinski definition) is 2. The van der Waals surface area contributed by atoms with Gasteiger partial charge in [-0.1, -0.05) is 18.2 Å². The lowest BCUT2D eigenvalue weighted by Gasteiger charge is -2.13. The van der Waals surface area contributed by atoms with Gasteiger partial charge in [0.2, 0.25) is 0 Å². The SMILES string of the molecule is CSc1ccccc1NC(=O)C(=O)N[C@@H](C)Cc1cccs1. The molecule has 2 rings (SSSR count). The first-order valence-corrected chi connectivity index (χ1v) is 8.98. The summed E-state index contributed by atoms with van der Waals surface area (Å²) in [6, 6.07) is 11.3. The molecule has 1 atom stereocenters. The lowest BCUT2D eigenvalue weighted by Crippen LogP contribution is -2.41. The zero-order chi connectivity index (χ0) is 15.9. The summed E-state index contributed by atoms with van der Waals surface area (Å²) in [6.45, 7) is 1.89. The maximum Gasteiger partial charge on any atom is 0.313 e. The smallest absolute Gasteiger partial charge is 0.313 e. The van der Waals surface area contributed by atoms with E-state index in [1.54, 1.807) is 17.4 Å². The van der Waals surface area contributed by atoms with Crippen LogP contribution in [0.25, 0.3) is 0 Å². The highest BCUT2D eigenvalue weighted by atomic mass is 32.2. The van der Waals surface area contributed by atoms with E-state index in [9.17, 15) is 9.59 Å². The fourth-order valence-corrected chi connectivity index (χ4v) is 3.39. The monoisotopic (exact) mass is 334 g/mol. The van der Waals surface area contributed by atoms with Gasteiger partial charge in [-0.3, -0.25) is 9.59 Å². The van der Waals surface area contributed by atoms with Crippen LogP contribution in [-0.2, 0) is 16.0 Å². The Balaban J connectivity index is 1.90. The zero-order valence-corrected chi connectivity index (χ0v) is 14.1. The van der Waals surface area contributed by atoms with Crippen molar-refractivity contribution >= 4 is 40.6 Å². The van der Waals surface area contributed by atoms with Gasteiger partial charge < -0.3 is 10.6 Å². The van der Waals surface area contributed by atoms with E-state index >= 15 is 0 Å². The molecule has 0 aliphatic rings. The summed E-state index contributed by atoms with van der Waals surface area (Å²) in [5, 5.41) is 7.38. The predicted molar refractivity (Wildman–Crippen MR) is 92.5 cm³/mol. The van der Waals surface area contributed by atoms with Crippen LogP contribution in [0.3, 0.4) is 0 Å². The first kappa shape index (κ1) is 16.6. The van der Waals surface area contributed by atoms with E-state index in [2.05, 4.69) is 10.6 Å². The largest absolute Gasteiger partial charge is 0.345 e. The molecule has 0 fully saturated rings. The molecule has 0 spiro atoms. The Bertz CT molecular complexity index is 641. The van der Waals surface area contributed by atoms with E-state index in [0.717, 1.165) is 11.3 Å². The number of amides is 2. The highest BCUT2D eigenvalue weighted by Crippen LogP contribution is 2.24. The van der Waals surface area contributed by atoms with Gasteiger partial charge in [0.15, 0.2) is 0 Å². The van der Waals surface area contributed by atoms with Crippen LogP contribution in [0.1, 0.15) is 11.8 Å². The van der Waals surface area contributed by atoms with Gasteiger partial charge in [-0.25, -0.2) is 0 Å². The zero-order valence-electron chi connectivity index (χ0n) is 12.5. The standard InChI is InChI=1S/C16H18N2O2S2/c1-11(10-12-6-5-9-22-12)17-15(19)16(20)18-13-7-3-4-8-14(13)21-2/h3-9,11H,10H2,1-2H3,(H,17,19)(H,18,20)/t11-/m0/s1. The molecule has 22 heavy (non-hydrogen) atoms. The summed E-state index contributed by atoms with van der Waals surface area (Å²) in [7, 11) is 0. The van der Waals surface area contributed by atoms with E-state index in [4.69, 9.17) is 0 Å². The second-order valence-electron chi connectivity index (χ2n) is 4.81. The van der Waals surface area contributed by atoms with Crippen LogP contribution in [0.15, 0.2) is 46.7 Å². The fraction of sp³-hybridized carbons (Fsp3) is 0.250. The van der Waals surface area contributed by atoms with Gasteiger partial charge in [0, 0.05) is 22.2 Å². The van der Waals surface area contributed by atoms with Crippen molar-refractivity contribution in [1.82, 2.24) is 5.32 Å². The molecule has 116 valence electrons. The molecule has 0 saturated heterocycles. The topological polar surface area (TPSA) is 58.2 Å².